The Morgan fingerprint density at radius 2 is 1.18 bits per heavy atom. The maximum Gasteiger partial charge on any atom is 0.0636 e. The molecule has 0 unspecified atom stereocenters. The Bertz CT molecular complexity index is 840. The second-order valence-electron chi connectivity index (χ2n) is 8.82. The third-order valence-corrected chi connectivity index (χ3v) is 5.88. The van der Waals surface area contributed by atoms with E-state index in [0.717, 1.165) is 43.5 Å². The molecule has 0 heterocycles. The van der Waals surface area contributed by atoms with E-state index < -0.39 is 0 Å². The molecule has 0 radical (unpaired) electrons. The predicted octanol–water partition coefficient (Wildman–Crippen LogP) is 9.59. The minimum absolute atomic E-state index is 0. The molecule has 0 spiro atoms. The van der Waals surface area contributed by atoms with E-state index >= 15 is 0 Å². The van der Waals surface area contributed by atoms with Gasteiger partial charge in [0.15, 0.2) is 0 Å². The molecular weight excluding hydrogens is 447 g/mol. The van der Waals surface area contributed by atoms with Crippen molar-refractivity contribution in [2.45, 2.75) is 105 Å². The number of nitrogens with zero attached hydrogens (tertiary/aromatic N) is 2. The van der Waals surface area contributed by atoms with Crippen LogP contribution in [0, 0.1) is 0 Å². The van der Waals surface area contributed by atoms with Gasteiger partial charge in [0.1, 0.15) is 0 Å². The van der Waals surface area contributed by atoms with Crippen molar-refractivity contribution in [3.63, 3.8) is 0 Å². The van der Waals surface area contributed by atoms with E-state index in [2.05, 4.69) is 76.2 Å². The van der Waals surface area contributed by atoms with Gasteiger partial charge in [-0.15, -0.1) is 0 Å². The van der Waals surface area contributed by atoms with Crippen LogP contribution in [0.4, 0.5) is 11.4 Å². The fourth-order valence-electron chi connectivity index (χ4n) is 4.10. The monoisotopic (exact) mass is 490 g/mol. The van der Waals surface area contributed by atoms with E-state index in [9.17, 15) is 0 Å². The van der Waals surface area contributed by atoms with Crippen LogP contribution in [0.5, 0.6) is 0 Å². The smallest absolute Gasteiger partial charge is 0.0636 e. The van der Waals surface area contributed by atoms with Crippen LogP contribution < -0.4 is 0 Å². The molecule has 0 atom stereocenters. The summed E-state index contributed by atoms with van der Waals surface area (Å²) in [5.74, 6) is 0. The van der Waals surface area contributed by atoms with Gasteiger partial charge in [0.2, 0.25) is 0 Å². The number of aryl methyl sites for hydroxylation is 2. The second-order valence-corrected chi connectivity index (χ2v) is 8.82. The van der Waals surface area contributed by atoms with Crippen molar-refractivity contribution in [1.29, 1.82) is 0 Å². The number of hydrogen-bond acceptors (Lipinski definition) is 2. The third kappa shape index (κ3) is 10.8. The summed E-state index contributed by atoms with van der Waals surface area (Å²) >= 11 is 0. The largest absolute Gasteiger partial charge is 0.252 e. The summed E-state index contributed by atoms with van der Waals surface area (Å²) in [5.41, 5.74) is 7.44. The Hall–Kier alpha value is -1.73. The predicted molar refractivity (Wildman–Crippen MR) is 143 cm³/mol. The molecular formula is C30H44N2Ni. The van der Waals surface area contributed by atoms with Gasteiger partial charge in [-0.05, 0) is 73.9 Å². The molecule has 0 N–H and O–H groups in total. The SMILES string of the molecule is CCCCCCC(=N\c1ccc(CCC)c(CCC)c1)/C(CCCC)=N/c1ccccc1.[Ni]. The van der Waals surface area contributed by atoms with Gasteiger partial charge in [0, 0.05) is 16.5 Å². The van der Waals surface area contributed by atoms with Crippen LogP contribution in [-0.2, 0) is 29.3 Å². The molecule has 0 amide bonds. The molecule has 2 aromatic rings. The quantitative estimate of drug-likeness (QED) is 0.135. The number of aliphatic imine (C=N–C) groups is 2. The summed E-state index contributed by atoms with van der Waals surface area (Å²) in [4.78, 5) is 10.3. The summed E-state index contributed by atoms with van der Waals surface area (Å²) < 4.78 is 0. The Balaban J connectivity index is 0.00000544. The van der Waals surface area contributed by atoms with E-state index in [0.29, 0.717) is 0 Å². The molecule has 2 aromatic carbocycles. The first-order valence-electron chi connectivity index (χ1n) is 13.0. The minimum atomic E-state index is 0. The minimum Gasteiger partial charge on any atom is -0.252 e. The maximum absolute atomic E-state index is 5.24. The summed E-state index contributed by atoms with van der Waals surface area (Å²) in [5, 5.41) is 0. The molecule has 2 rings (SSSR count). The molecule has 3 heteroatoms. The van der Waals surface area contributed by atoms with Crippen molar-refractivity contribution in [2.75, 3.05) is 0 Å². The molecule has 0 saturated carbocycles. The van der Waals surface area contributed by atoms with Crippen LogP contribution >= 0.6 is 0 Å². The number of benzene rings is 2. The maximum atomic E-state index is 5.24. The molecule has 0 aromatic heterocycles. The summed E-state index contributed by atoms with van der Waals surface area (Å²) in [7, 11) is 0. The number of para-hydroxylation sites is 1. The zero-order valence-electron chi connectivity index (χ0n) is 21.3. The zero-order chi connectivity index (χ0) is 23.0. The molecule has 0 aliphatic rings. The van der Waals surface area contributed by atoms with Gasteiger partial charge in [-0.3, -0.25) is 9.98 Å². The number of rotatable bonds is 15. The van der Waals surface area contributed by atoms with Gasteiger partial charge in [-0.25, -0.2) is 0 Å². The van der Waals surface area contributed by atoms with Crippen LogP contribution in [0.2, 0.25) is 0 Å². The Morgan fingerprint density at radius 3 is 1.82 bits per heavy atom. The molecule has 33 heavy (non-hydrogen) atoms. The Labute approximate surface area is 213 Å². The van der Waals surface area contributed by atoms with Crippen molar-refractivity contribution in [2.24, 2.45) is 9.98 Å². The average Bonchev–Trinajstić information content (AvgIpc) is 2.81. The fourth-order valence-corrected chi connectivity index (χ4v) is 4.10. The first kappa shape index (κ1) is 29.3. The molecule has 0 bridgehead atoms. The van der Waals surface area contributed by atoms with E-state index in [4.69, 9.17) is 9.98 Å². The van der Waals surface area contributed by atoms with Gasteiger partial charge in [-0.2, -0.15) is 0 Å². The molecule has 0 saturated heterocycles. The standard InChI is InChI=1S/C30H44N2.Ni/c1-5-9-11-15-21-30(29(20-10-6-2)31-27-18-13-12-14-19-27)32-28-23-22-25(16-7-3)26(24-28)17-8-4;/h12-14,18-19,22-24H,5-11,15-17,20-21H2,1-4H3;/b31-29+,32-30+;. The van der Waals surface area contributed by atoms with Gasteiger partial charge in [0.25, 0.3) is 0 Å². The molecule has 2 nitrogen and oxygen atoms in total. The first-order valence-corrected chi connectivity index (χ1v) is 13.0. The first-order chi connectivity index (χ1) is 15.7. The number of hydrogen-bond donors (Lipinski definition) is 0. The number of unbranched alkanes of at least 4 members (excludes halogenated alkanes) is 4. The van der Waals surface area contributed by atoms with E-state index in [1.54, 1.807) is 0 Å². The van der Waals surface area contributed by atoms with Gasteiger partial charge in [0.05, 0.1) is 22.8 Å². The van der Waals surface area contributed by atoms with Crippen molar-refractivity contribution in [3.8, 4) is 0 Å². The normalized spacial score (nSPS) is 12.0. The molecule has 0 fully saturated rings. The Morgan fingerprint density at radius 1 is 0.576 bits per heavy atom. The van der Waals surface area contributed by atoms with E-state index in [1.165, 1.54) is 67.5 Å². The van der Waals surface area contributed by atoms with Gasteiger partial charge in [-0.1, -0.05) is 90.5 Å². The van der Waals surface area contributed by atoms with Gasteiger partial charge >= 0.3 is 0 Å². The molecule has 0 aliphatic carbocycles. The molecule has 184 valence electrons. The topological polar surface area (TPSA) is 24.7 Å². The fraction of sp³-hybridized carbons (Fsp3) is 0.533. The van der Waals surface area contributed by atoms with Crippen LogP contribution in [0.25, 0.3) is 0 Å². The molecule has 0 aliphatic heterocycles. The summed E-state index contributed by atoms with van der Waals surface area (Å²) in [6.07, 6.45) is 14.0. The van der Waals surface area contributed by atoms with E-state index in [-0.39, 0.29) is 16.5 Å². The van der Waals surface area contributed by atoms with Crippen LogP contribution in [0.1, 0.15) is 103 Å². The average molecular weight is 491 g/mol. The third-order valence-electron chi connectivity index (χ3n) is 5.88. The van der Waals surface area contributed by atoms with Crippen molar-refractivity contribution in [1.82, 2.24) is 0 Å². The summed E-state index contributed by atoms with van der Waals surface area (Å²) in [6.45, 7) is 9.05. The Kier molecular flexibility index (Phi) is 15.7. The van der Waals surface area contributed by atoms with Crippen LogP contribution in [0.3, 0.4) is 0 Å². The second kappa shape index (κ2) is 17.7. The summed E-state index contributed by atoms with van der Waals surface area (Å²) in [6, 6.07) is 17.2. The van der Waals surface area contributed by atoms with Crippen molar-refractivity contribution >= 4 is 22.8 Å². The van der Waals surface area contributed by atoms with Gasteiger partial charge < -0.3 is 0 Å². The van der Waals surface area contributed by atoms with Crippen molar-refractivity contribution < 1.29 is 16.5 Å². The zero-order valence-corrected chi connectivity index (χ0v) is 22.3. The van der Waals surface area contributed by atoms with Crippen LogP contribution in [0.15, 0.2) is 58.5 Å². The van der Waals surface area contributed by atoms with Crippen LogP contribution in [-0.4, -0.2) is 11.4 Å². The van der Waals surface area contributed by atoms with E-state index in [1.807, 2.05) is 0 Å². The van der Waals surface area contributed by atoms with Crippen molar-refractivity contribution in [3.05, 3.63) is 59.7 Å².